The lowest BCUT2D eigenvalue weighted by Crippen LogP contribution is -2.17. The summed E-state index contributed by atoms with van der Waals surface area (Å²) in [6.07, 6.45) is -17.5. The molecule has 1 aliphatic rings. The predicted octanol–water partition coefficient (Wildman–Crippen LogP) is 9.97. The topological polar surface area (TPSA) is 95.2 Å². The summed E-state index contributed by atoms with van der Waals surface area (Å²) >= 11 is 0. The maximum Gasteiger partial charge on any atom is 0.422 e. The summed E-state index contributed by atoms with van der Waals surface area (Å²) in [5.41, 5.74) is -24.3. The summed E-state index contributed by atoms with van der Waals surface area (Å²) in [5.74, 6) is -24.8. The van der Waals surface area contributed by atoms with Crippen molar-refractivity contribution >= 4 is 16.7 Å². The van der Waals surface area contributed by atoms with Gasteiger partial charge in [0.1, 0.15) is 29.3 Å². The van der Waals surface area contributed by atoms with Crippen molar-refractivity contribution in [2.24, 2.45) is 0 Å². The number of allylic oxidation sites excluding steroid dienone is 6. The van der Waals surface area contributed by atoms with E-state index >= 15 is 17.6 Å². The fourth-order valence-electron chi connectivity index (χ4n) is 4.89. The van der Waals surface area contributed by atoms with Gasteiger partial charge in [-0.1, -0.05) is 6.07 Å². The number of alkyl halides is 9. The molecule has 4 rings (SSSR count). The summed E-state index contributed by atoms with van der Waals surface area (Å²) in [4.78, 5) is 0. The van der Waals surface area contributed by atoms with Crippen LogP contribution in [0.1, 0.15) is 38.9 Å². The summed E-state index contributed by atoms with van der Waals surface area (Å²) in [7, 11) is 0. The van der Waals surface area contributed by atoms with Gasteiger partial charge in [0.2, 0.25) is 0 Å². The van der Waals surface area contributed by atoms with E-state index in [9.17, 15) is 78.1 Å². The molecule has 0 saturated heterocycles. The third kappa shape index (κ3) is 6.04. The molecular formula is C31H3F17N4. The second-order valence-corrected chi connectivity index (χ2v) is 9.96. The van der Waals surface area contributed by atoms with Gasteiger partial charge in [-0.15, -0.1) is 0 Å². The average molecular weight is 754 g/mol. The van der Waals surface area contributed by atoms with Crippen LogP contribution in [0.15, 0.2) is 34.9 Å². The standard InChI is InChI=1S/C31H3F17N4/c32-21-17(22(33)26(37)19(25(21)36)30(43,44)45)12(6-51)15-14(11(5-50)10-2-1-9(29(40,41)42)3-8(10)4-49)16(15)13(7-52)18-23(34)27(38)20(31(46,47)48)28(39)24(18)35/h1-3H. The lowest BCUT2D eigenvalue weighted by Gasteiger charge is -2.14. The number of halogens is 17. The van der Waals surface area contributed by atoms with E-state index in [4.69, 9.17) is 0 Å². The highest BCUT2D eigenvalue weighted by atomic mass is 19.4. The highest BCUT2D eigenvalue weighted by molar-refractivity contribution is 6.12. The number of hydrogen-bond acceptors (Lipinski definition) is 4. The van der Waals surface area contributed by atoms with Crippen LogP contribution in [-0.2, 0) is 18.5 Å². The molecule has 4 nitrogen and oxygen atoms in total. The van der Waals surface area contributed by atoms with E-state index in [0.717, 1.165) is 12.1 Å². The van der Waals surface area contributed by atoms with Crippen molar-refractivity contribution in [3.05, 3.63) is 120 Å². The number of rotatable bonds is 3. The van der Waals surface area contributed by atoms with E-state index in [1.54, 1.807) is 0 Å². The predicted molar refractivity (Wildman–Crippen MR) is 136 cm³/mol. The van der Waals surface area contributed by atoms with E-state index < -0.39 is 137 Å². The summed E-state index contributed by atoms with van der Waals surface area (Å²) in [5, 5.41) is 39.0. The molecule has 0 unspecified atom stereocenters. The van der Waals surface area contributed by atoms with Crippen molar-refractivity contribution in [3.63, 3.8) is 0 Å². The second-order valence-electron chi connectivity index (χ2n) is 9.96. The van der Waals surface area contributed by atoms with Gasteiger partial charge in [-0.25, -0.2) is 35.1 Å². The van der Waals surface area contributed by atoms with Crippen molar-refractivity contribution in [2.75, 3.05) is 0 Å². The molecule has 0 N–H and O–H groups in total. The number of nitriles is 4. The molecule has 0 spiro atoms. The van der Waals surface area contributed by atoms with Crippen LogP contribution >= 0.6 is 0 Å². The SMILES string of the molecule is N#CC(=C1C(=C(C#N)c2c(F)c(F)c(C(F)(F)F)c(F)c2F)C1=C(C#N)c1c(F)c(F)c(C(F)(F)F)c(F)c1F)c1ccc(C(F)(F)F)cc1C#N. The van der Waals surface area contributed by atoms with Gasteiger partial charge in [-0.05, 0) is 12.1 Å². The molecular weight excluding hydrogens is 751 g/mol. The molecule has 266 valence electrons. The van der Waals surface area contributed by atoms with Gasteiger partial charge >= 0.3 is 18.5 Å². The summed E-state index contributed by atoms with van der Waals surface area (Å²) in [6.45, 7) is 0. The molecule has 0 atom stereocenters. The molecule has 0 aliphatic heterocycles. The Bertz CT molecular complexity index is 2210. The minimum atomic E-state index is -6.14. The smallest absolute Gasteiger partial charge is 0.203 e. The zero-order chi connectivity index (χ0) is 39.6. The van der Waals surface area contributed by atoms with Crippen LogP contribution in [0.5, 0.6) is 0 Å². The van der Waals surface area contributed by atoms with E-state index in [0.29, 0.717) is 6.07 Å². The van der Waals surface area contributed by atoms with Gasteiger partial charge < -0.3 is 0 Å². The molecule has 0 bridgehead atoms. The first kappa shape index (κ1) is 38.5. The Labute approximate surface area is 276 Å². The van der Waals surface area contributed by atoms with Crippen LogP contribution in [-0.4, -0.2) is 0 Å². The third-order valence-electron chi connectivity index (χ3n) is 7.10. The van der Waals surface area contributed by atoms with Crippen LogP contribution in [0.3, 0.4) is 0 Å². The molecule has 0 heterocycles. The summed E-state index contributed by atoms with van der Waals surface area (Å²) in [6, 6.07) is 4.67. The monoisotopic (exact) mass is 754 g/mol. The Morgan fingerprint density at radius 3 is 1.04 bits per heavy atom. The van der Waals surface area contributed by atoms with Gasteiger partial charge in [0, 0.05) is 22.3 Å². The second kappa shape index (κ2) is 12.8. The Morgan fingerprint density at radius 1 is 0.442 bits per heavy atom. The molecule has 3 aromatic rings. The lowest BCUT2D eigenvalue weighted by atomic mass is 9.96. The highest BCUT2D eigenvalue weighted by Crippen LogP contribution is 2.57. The van der Waals surface area contributed by atoms with Gasteiger partial charge in [-0.3, -0.25) is 0 Å². The van der Waals surface area contributed by atoms with Crippen molar-refractivity contribution in [1.29, 1.82) is 21.0 Å². The number of benzene rings is 3. The molecule has 0 radical (unpaired) electrons. The summed E-state index contributed by atoms with van der Waals surface area (Å²) < 4.78 is 238. The molecule has 0 amide bonds. The minimum absolute atomic E-state index is 0.0820. The minimum Gasteiger partial charge on any atom is -0.203 e. The van der Waals surface area contributed by atoms with Crippen LogP contribution < -0.4 is 0 Å². The van der Waals surface area contributed by atoms with Crippen LogP contribution in [0.4, 0.5) is 74.6 Å². The Kier molecular flexibility index (Phi) is 9.44. The fraction of sp³-hybridized carbons (Fsp3) is 0.0968. The van der Waals surface area contributed by atoms with E-state index in [1.807, 2.05) is 0 Å². The van der Waals surface area contributed by atoms with Crippen LogP contribution in [0.25, 0.3) is 16.7 Å². The molecule has 1 fully saturated rings. The Balaban J connectivity index is 2.32. The van der Waals surface area contributed by atoms with E-state index in [-0.39, 0.29) is 12.1 Å². The first-order valence-electron chi connectivity index (χ1n) is 12.8. The van der Waals surface area contributed by atoms with Gasteiger partial charge in [-0.2, -0.15) is 60.6 Å². The molecule has 52 heavy (non-hydrogen) atoms. The quantitative estimate of drug-likeness (QED) is 0.151. The molecule has 0 aromatic heterocycles. The van der Waals surface area contributed by atoms with E-state index in [1.165, 1.54) is 12.1 Å². The largest absolute Gasteiger partial charge is 0.422 e. The van der Waals surface area contributed by atoms with Gasteiger partial charge in [0.05, 0.1) is 45.0 Å². The first-order valence-corrected chi connectivity index (χ1v) is 12.8. The lowest BCUT2D eigenvalue weighted by molar-refractivity contribution is -0.144. The maximum atomic E-state index is 15.1. The zero-order valence-electron chi connectivity index (χ0n) is 23.9. The Hall–Kier alpha value is -6.35. The van der Waals surface area contributed by atoms with Crippen molar-refractivity contribution in [3.8, 4) is 24.3 Å². The molecule has 1 aliphatic carbocycles. The van der Waals surface area contributed by atoms with Crippen molar-refractivity contribution in [1.82, 2.24) is 0 Å². The van der Waals surface area contributed by atoms with Crippen molar-refractivity contribution < 1.29 is 74.6 Å². The molecule has 21 heteroatoms. The first-order chi connectivity index (χ1) is 23.9. The van der Waals surface area contributed by atoms with Crippen molar-refractivity contribution in [2.45, 2.75) is 18.5 Å². The van der Waals surface area contributed by atoms with Gasteiger partial charge in [0.15, 0.2) is 46.5 Å². The zero-order valence-corrected chi connectivity index (χ0v) is 23.9. The normalized spacial score (nSPS) is 15.0. The van der Waals surface area contributed by atoms with E-state index in [2.05, 4.69) is 0 Å². The van der Waals surface area contributed by atoms with Crippen LogP contribution in [0.2, 0.25) is 0 Å². The molecule has 3 aromatic carbocycles. The average Bonchev–Trinajstić information content (AvgIpc) is 3.75. The molecule has 1 saturated carbocycles. The fourth-order valence-corrected chi connectivity index (χ4v) is 4.89. The Morgan fingerprint density at radius 2 is 0.769 bits per heavy atom. The maximum absolute atomic E-state index is 15.1. The van der Waals surface area contributed by atoms with Crippen LogP contribution in [0, 0.1) is 91.9 Å². The third-order valence-corrected chi connectivity index (χ3v) is 7.10. The number of nitrogens with zero attached hydrogens (tertiary/aromatic N) is 4. The number of hydrogen-bond donors (Lipinski definition) is 0. The van der Waals surface area contributed by atoms with Gasteiger partial charge in [0.25, 0.3) is 0 Å². The highest BCUT2D eigenvalue weighted by Gasteiger charge is 2.49.